The molecule has 0 N–H and O–H groups in total. The third-order valence-corrected chi connectivity index (χ3v) is 3.54. The monoisotopic (exact) mass is 283 g/mol. The maximum atomic E-state index is 12.1. The first-order chi connectivity index (χ1) is 9.62. The molecule has 0 bridgehead atoms. The van der Waals surface area contributed by atoms with Crippen molar-refractivity contribution in [2.75, 3.05) is 26.6 Å². The molecule has 0 spiro atoms. The molecule has 5 heteroatoms. The second-order valence-corrected chi connectivity index (χ2v) is 5.54. The van der Waals surface area contributed by atoms with E-state index in [4.69, 9.17) is 0 Å². The summed E-state index contributed by atoms with van der Waals surface area (Å²) in [4.78, 5) is 30.0. The molecule has 1 rings (SSSR count). The Bertz CT molecular complexity index is 294. The van der Waals surface area contributed by atoms with Crippen molar-refractivity contribution in [2.24, 2.45) is 0 Å². The van der Waals surface area contributed by atoms with Crippen molar-refractivity contribution in [3.8, 4) is 0 Å². The minimum atomic E-state index is 0.156. The number of nitrogens with zero attached hydrogens (tertiary/aromatic N) is 3. The fraction of sp³-hybridized carbons (Fsp3) is 0.867. The number of rotatable bonds is 7. The van der Waals surface area contributed by atoms with Crippen molar-refractivity contribution in [3.05, 3.63) is 0 Å². The highest BCUT2D eigenvalue weighted by Gasteiger charge is 2.28. The Kier molecular flexibility index (Phi) is 7.59. The van der Waals surface area contributed by atoms with E-state index in [9.17, 15) is 9.59 Å². The van der Waals surface area contributed by atoms with Crippen LogP contribution in [-0.4, -0.2) is 53.1 Å². The zero-order valence-electron chi connectivity index (χ0n) is 13.2. The second-order valence-electron chi connectivity index (χ2n) is 5.54. The Morgan fingerprint density at radius 2 is 1.30 bits per heavy atom. The summed E-state index contributed by atoms with van der Waals surface area (Å²) in [6.45, 7) is 8.91. The molecule has 1 saturated heterocycles. The second kappa shape index (κ2) is 8.95. The van der Waals surface area contributed by atoms with E-state index in [1.165, 1.54) is 0 Å². The minimum Gasteiger partial charge on any atom is -0.312 e. The van der Waals surface area contributed by atoms with Gasteiger partial charge in [-0.25, -0.2) is 0 Å². The third kappa shape index (κ3) is 5.12. The third-order valence-electron chi connectivity index (χ3n) is 3.54. The summed E-state index contributed by atoms with van der Waals surface area (Å²) in [7, 11) is 0. The van der Waals surface area contributed by atoms with Crippen molar-refractivity contribution < 1.29 is 9.59 Å². The number of amides is 2. The average Bonchev–Trinajstić information content (AvgIpc) is 2.45. The van der Waals surface area contributed by atoms with Gasteiger partial charge in [0.25, 0.3) is 0 Å². The Labute approximate surface area is 122 Å². The van der Waals surface area contributed by atoms with Gasteiger partial charge in [-0.2, -0.15) is 0 Å². The lowest BCUT2D eigenvalue weighted by Gasteiger charge is -2.42. The van der Waals surface area contributed by atoms with Gasteiger partial charge in [0.2, 0.25) is 11.8 Å². The zero-order chi connectivity index (χ0) is 15.0. The summed E-state index contributed by atoms with van der Waals surface area (Å²) in [5.41, 5.74) is 0. The maximum absolute atomic E-state index is 12.1. The van der Waals surface area contributed by atoms with E-state index < -0.39 is 0 Å². The summed E-state index contributed by atoms with van der Waals surface area (Å²) in [6, 6.07) is 0. The highest BCUT2D eigenvalue weighted by atomic mass is 16.2. The minimum absolute atomic E-state index is 0.156. The molecule has 1 aliphatic rings. The van der Waals surface area contributed by atoms with E-state index in [1.807, 2.05) is 23.6 Å². The lowest BCUT2D eigenvalue weighted by molar-refractivity contribution is -0.152. The van der Waals surface area contributed by atoms with Crippen LogP contribution in [0.25, 0.3) is 0 Å². The predicted molar refractivity (Wildman–Crippen MR) is 79.7 cm³/mol. The molecule has 0 aromatic carbocycles. The molecular formula is C15H29N3O2. The molecule has 0 unspecified atom stereocenters. The van der Waals surface area contributed by atoms with Crippen LogP contribution in [0.4, 0.5) is 0 Å². The van der Waals surface area contributed by atoms with Gasteiger partial charge in [0.15, 0.2) is 0 Å². The predicted octanol–water partition coefficient (Wildman–Crippen LogP) is 2.23. The largest absolute Gasteiger partial charge is 0.312 e. The Balaban J connectivity index is 2.66. The summed E-state index contributed by atoms with van der Waals surface area (Å²) in [5.74, 6) is 0.311. The van der Waals surface area contributed by atoms with E-state index >= 15 is 0 Å². The van der Waals surface area contributed by atoms with Crippen LogP contribution in [0.3, 0.4) is 0 Å². The molecule has 1 heterocycles. The van der Waals surface area contributed by atoms with Gasteiger partial charge in [-0.05, 0) is 19.3 Å². The highest BCUT2D eigenvalue weighted by Crippen LogP contribution is 2.12. The molecule has 0 aliphatic carbocycles. The normalized spacial score (nSPS) is 16.6. The fourth-order valence-corrected chi connectivity index (χ4v) is 2.41. The zero-order valence-corrected chi connectivity index (χ0v) is 13.2. The van der Waals surface area contributed by atoms with Crippen LogP contribution in [0.15, 0.2) is 0 Å². The molecule has 0 atom stereocenters. The first kappa shape index (κ1) is 17.0. The van der Waals surface area contributed by atoms with Crippen molar-refractivity contribution in [2.45, 2.75) is 59.3 Å². The number of hydrogen-bond acceptors (Lipinski definition) is 3. The number of carbonyl (C=O) groups is 2. The lowest BCUT2D eigenvalue weighted by Crippen LogP contribution is -2.58. The Hall–Kier alpha value is -1.10. The number of hydrogen-bond donors (Lipinski definition) is 0. The van der Waals surface area contributed by atoms with Crippen molar-refractivity contribution in [3.63, 3.8) is 0 Å². The molecule has 116 valence electrons. The van der Waals surface area contributed by atoms with E-state index in [0.717, 1.165) is 32.2 Å². The molecule has 0 radical (unpaired) electrons. The molecule has 5 nitrogen and oxygen atoms in total. The van der Waals surface area contributed by atoms with E-state index in [1.54, 1.807) is 0 Å². The first-order valence-electron chi connectivity index (χ1n) is 7.90. The summed E-state index contributed by atoms with van der Waals surface area (Å²) >= 11 is 0. The molecule has 20 heavy (non-hydrogen) atoms. The first-order valence-corrected chi connectivity index (χ1v) is 7.90. The Morgan fingerprint density at radius 1 is 0.800 bits per heavy atom. The van der Waals surface area contributed by atoms with Gasteiger partial charge in [0, 0.05) is 19.4 Å². The van der Waals surface area contributed by atoms with Crippen LogP contribution >= 0.6 is 0 Å². The number of carbonyl (C=O) groups excluding carboxylic acids is 2. The quantitative estimate of drug-likeness (QED) is 0.719. The maximum Gasteiger partial charge on any atom is 0.225 e. The van der Waals surface area contributed by atoms with Gasteiger partial charge in [-0.15, -0.1) is 0 Å². The van der Waals surface area contributed by atoms with Gasteiger partial charge in [0.05, 0.1) is 20.0 Å². The van der Waals surface area contributed by atoms with Gasteiger partial charge in [-0.1, -0.05) is 27.2 Å². The molecule has 1 aliphatic heterocycles. The van der Waals surface area contributed by atoms with Crippen molar-refractivity contribution >= 4 is 11.8 Å². The van der Waals surface area contributed by atoms with Gasteiger partial charge in [0.1, 0.15) is 0 Å². The molecule has 0 aromatic rings. The van der Waals surface area contributed by atoms with E-state index in [-0.39, 0.29) is 11.8 Å². The van der Waals surface area contributed by atoms with Crippen LogP contribution in [0.1, 0.15) is 59.3 Å². The fourth-order valence-electron chi connectivity index (χ4n) is 2.41. The molecular weight excluding hydrogens is 254 g/mol. The smallest absolute Gasteiger partial charge is 0.225 e. The van der Waals surface area contributed by atoms with Crippen LogP contribution in [0.5, 0.6) is 0 Å². The van der Waals surface area contributed by atoms with Crippen LogP contribution < -0.4 is 0 Å². The molecule has 1 fully saturated rings. The van der Waals surface area contributed by atoms with Crippen LogP contribution in [-0.2, 0) is 9.59 Å². The van der Waals surface area contributed by atoms with Crippen LogP contribution in [0.2, 0.25) is 0 Å². The van der Waals surface area contributed by atoms with Gasteiger partial charge >= 0.3 is 0 Å². The highest BCUT2D eigenvalue weighted by molar-refractivity contribution is 5.79. The summed E-state index contributed by atoms with van der Waals surface area (Å²) in [6.07, 6.45) is 5.07. The average molecular weight is 283 g/mol. The standard InChI is InChI=1S/C15H29N3O2/c1-4-7-10-16-11-17(14(19)8-5-2)13-18(12-16)15(20)9-6-3/h4-13H2,1-3H3. The van der Waals surface area contributed by atoms with Gasteiger partial charge < -0.3 is 9.80 Å². The van der Waals surface area contributed by atoms with Crippen LogP contribution in [0, 0.1) is 0 Å². The Morgan fingerprint density at radius 3 is 1.70 bits per heavy atom. The van der Waals surface area contributed by atoms with E-state index in [0.29, 0.717) is 32.8 Å². The van der Waals surface area contributed by atoms with Crippen molar-refractivity contribution in [1.29, 1.82) is 0 Å². The molecule has 2 amide bonds. The van der Waals surface area contributed by atoms with E-state index in [2.05, 4.69) is 11.8 Å². The topological polar surface area (TPSA) is 43.9 Å². The summed E-state index contributed by atoms with van der Waals surface area (Å²) < 4.78 is 0. The van der Waals surface area contributed by atoms with Crippen molar-refractivity contribution in [1.82, 2.24) is 14.7 Å². The SMILES string of the molecule is CCCCN1CN(C(=O)CCC)CN(C(=O)CCC)C1. The van der Waals surface area contributed by atoms with Gasteiger partial charge in [-0.3, -0.25) is 14.5 Å². The summed E-state index contributed by atoms with van der Waals surface area (Å²) in [5, 5.41) is 0. The molecule has 0 saturated carbocycles. The molecule has 0 aromatic heterocycles. The lowest BCUT2D eigenvalue weighted by atomic mass is 10.2. The number of unbranched alkanes of at least 4 members (excludes halogenated alkanes) is 1.